The summed E-state index contributed by atoms with van der Waals surface area (Å²) in [6.45, 7) is 3.78. The van der Waals surface area contributed by atoms with Crippen LogP contribution >= 0.6 is 0 Å². The maximum absolute atomic E-state index is 11.8. The number of benzene rings is 1. The van der Waals surface area contributed by atoms with Gasteiger partial charge in [0.2, 0.25) is 0 Å². The number of Topliss-reactive ketones (excluding diaryl/α,β-unsaturated/α-hetero) is 1. The Kier molecular flexibility index (Phi) is 3.86. The Morgan fingerprint density at radius 1 is 1.14 bits per heavy atom. The molecule has 1 heteroatoms. The molecule has 72 valence electrons. The molecular weight excluding hydrogens is 172 g/mol. The first kappa shape index (κ1) is 10.5. The van der Waals surface area contributed by atoms with Crippen molar-refractivity contribution < 1.29 is 4.79 Å². The summed E-state index contributed by atoms with van der Waals surface area (Å²) in [7, 11) is 0. The second-order valence-electron chi connectivity index (χ2n) is 2.94. The van der Waals surface area contributed by atoms with Crippen molar-refractivity contribution in [3.8, 4) is 0 Å². The highest BCUT2D eigenvalue weighted by Crippen LogP contribution is 2.09. The van der Waals surface area contributed by atoms with Gasteiger partial charge in [0.05, 0.1) is 0 Å². The molecule has 0 N–H and O–H groups in total. The van der Waals surface area contributed by atoms with Gasteiger partial charge >= 0.3 is 0 Å². The minimum absolute atomic E-state index is 0.0752. The lowest BCUT2D eigenvalue weighted by Gasteiger charge is -2.00. The van der Waals surface area contributed by atoms with Crippen LogP contribution in [0.3, 0.4) is 0 Å². The van der Waals surface area contributed by atoms with E-state index >= 15 is 0 Å². The van der Waals surface area contributed by atoms with E-state index in [1.54, 1.807) is 0 Å². The number of ketones is 1. The molecule has 0 aromatic heterocycles. The molecule has 0 amide bonds. The van der Waals surface area contributed by atoms with Crippen LogP contribution in [-0.2, 0) is 0 Å². The number of hydrogen-bond donors (Lipinski definition) is 0. The zero-order chi connectivity index (χ0) is 10.4. The molecule has 0 radical (unpaired) electrons. The van der Waals surface area contributed by atoms with E-state index < -0.39 is 0 Å². The second kappa shape index (κ2) is 5.18. The molecule has 0 saturated heterocycles. The van der Waals surface area contributed by atoms with Crippen LogP contribution in [0.25, 0.3) is 0 Å². The Bertz CT molecular complexity index is 358. The fraction of sp³-hybridized carbons (Fsp3) is 0.154. The van der Waals surface area contributed by atoms with E-state index in [0.717, 1.165) is 11.1 Å². The summed E-state index contributed by atoms with van der Waals surface area (Å²) < 4.78 is 0. The third-order valence-electron chi connectivity index (χ3n) is 1.96. The molecule has 0 bridgehead atoms. The third-order valence-corrected chi connectivity index (χ3v) is 1.96. The molecule has 0 spiro atoms. The maximum atomic E-state index is 11.8. The van der Waals surface area contributed by atoms with Crippen molar-refractivity contribution in [2.75, 3.05) is 0 Å². The van der Waals surface area contributed by atoms with Gasteiger partial charge in [-0.15, -0.1) is 0 Å². The molecule has 14 heavy (non-hydrogen) atoms. The lowest BCUT2D eigenvalue weighted by atomic mass is 10.0. The van der Waals surface area contributed by atoms with E-state index in [1.807, 2.05) is 62.4 Å². The highest BCUT2D eigenvalue weighted by molar-refractivity contribution is 6.10. The third kappa shape index (κ3) is 2.43. The molecule has 1 nitrogen and oxygen atoms in total. The van der Waals surface area contributed by atoms with E-state index in [4.69, 9.17) is 0 Å². The van der Waals surface area contributed by atoms with Crippen molar-refractivity contribution in [1.82, 2.24) is 0 Å². The van der Waals surface area contributed by atoms with Gasteiger partial charge in [-0.2, -0.15) is 0 Å². The summed E-state index contributed by atoms with van der Waals surface area (Å²) in [6, 6.07) is 9.30. The Morgan fingerprint density at radius 2 is 1.79 bits per heavy atom. The van der Waals surface area contributed by atoms with Crippen molar-refractivity contribution >= 4 is 5.78 Å². The first-order chi connectivity index (χ1) is 6.79. The van der Waals surface area contributed by atoms with E-state index in [9.17, 15) is 4.79 Å². The highest BCUT2D eigenvalue weighted by Gasteiger charge is 2.06. The molecule has 1 rings (SSSR count). The van der Waals surface area contributed by atoms with Gasteiger partial charge in [-0.05, 0) is 13.8 Å². The lowest BCUT2D eigenvalue weighted by Crippen LogP contribution is -2.00. The van der Waals surface area contributed by atoms with Gasteiger partial charge < -0.3 is 0 Å². The van der Waals surface area contributed by atoms with Crippen molar-refractivity contribution in [2.24, 2.45) is 0 Å². The minimum atomic E-state index is 0.0752. The fourth-order valence-corrected chi connectivity index (χ4v) is 1.24. The predicted molar refractivity (Wildman–Crippen MR) is 59.3 cm³/mol. The largest absolute Gasteiger partial charge is 0.289 e. The van der Waals surface area contributed by atoms with Crippen LogP contribution in [0.4, 0.5) is 0 Å². The van der Waals surface area contributed by atoms with Gasteiger partial charge in [0.25, 0.3) is 0 Å². The van der Waals surface area contributed by atoms with Gasteiger partial charge in [0, 0.05) is 11.1 Å². The average molecular weight is 186 g/mol. The second-order valence-corrected chi connectivity index (χ2v) is 2.94. The van der Waals surface area contributed by atoms with Crippen molar-refractivity contribution in [2.45, 2.75) is 13.8 Å². The summed E-state index contributed by atoms with van der Waals surface area (Å²) in [5.41, 5.74) is 1.47. The molecule has 0 aliphatic rings. The number of hydrogen-bond acceptors (Lipinski definition) is 1. The zero-order valence-electron chi connectivity index (χ0n) is 8.53. The van der Waals surface area contributed by atoms with Crippen LogP contribution in [0.1, 0.15) is 24.2 Å². The van der Waals surface area contributed by atoms with Crippen LogP contribution in [0.2, 0.25) is 0 Å². The molecule has 0 aliphatic heterocycles. The van der Waals surface area contributed by atoms with Gasteiger partial charge in [-0.1, -0.05) is 48.6 Å². The molecule has 0 aliphatic carbocycles. The number of allylic oxidation sites excluding steroid dienone is 4. The van der Waals surface area contributed by atoms with Crippen molar-refractivity contribution in [1.29, 1.82) is 0 Å². The first-order valence-corrected chi connectivity index (χ1v) is 4.68. The molecule has 1 aromatic carbocycles. The van der Waals surface area contributed by atoms with Gasteiger partial charge in [0.1, 0.15) is 0 Å². The normalized spacial score (nSPS) is 12.0. The first-order valence-electron chi connectivity index (χ1n) is 4.68. The highest BCUT2D eigenvalue weighted by atomic mass is 16.1. The van der Waals surface area contributed by atoms with E-state index in [-0.39, 0.29) is 5.78 Å². The molecular formula is C13H14O. The van der Waals surface area contributed by atoms with Crippen LogP contribution in [-0.4, -0.2) is 5.78 Å². The van der Waals surface area contributed by atoms with Crippen LogP contribution < -0.4 is 0 Å². The van der Waals surface area contributed by atoms with Crippen LogP contribution in [0, 0.1) is 0 Å². The monoisotopic (exact) mass is 186 g/mol. The SMILES string of the molecule is CC=CC(=CC)C(=O)c1ccccc1. The number of carbonyl (C=O) groups excluding carboxylic acids is 1. The molecule has 0 saturated carbocycles. The van der Waals surface area contributed by atoms with Crippen molar-refractivity contribution in [3.05, 3.63) is 59.7 Å². The molecule has 1 aromatic rings. The quantitative estimate of drug-likeness (QED) is 0.401. The summed E-state index contributed by atoms with van der Waals surface area (Å²) >= 11 is 0. The Balaban J connectivity index is 2.96. The van der Waals surface area contributed by atoms with E-state index in [2.05, 4.69) is 0 Å². The fourth-order valence-electron chi connectivity index (χ4n) is 1.24. The van der Waals surface area contributed by atoms with Gasteiger partial charge in [-0.3, -0.25) is 4.79 Å². The lowest BCUT2D eigenvalue weighted by molar-refractivity contribution is 0.103. The zero-order valence-corrected chi connectivity index (χ0v) is 8.53. The Hall–Kier alpha value is -1.63. The van der Waals surface area contributed by atoms with Gasteiger partial charge in [0.15, 0.2) is 5.78 Å². The van der Waals surface area contributed by atoms with Crippen molar-refractivity contribution in [3.63, 3.8) is 0 Å². The Labute approximate surface area is 84.8 Å². The summed E-state index contributed by atoms with van der Waals surface area (Å²) in [5.74, 6) is 0.0752. The average Bonchev–Trinajstić information content (AvgIpc) is 2.26. The van der Waals surface area contributed by atoms with Gasteiger partial charge in [-0.25, -0.2) is 0 Å². The predicted octanol–water partition coefficient (Wildman–Crippen LogP) is 3.39. The number of rotatable bonds is 3. The summed E-state index contributed by atoms with van der Waals surface area (Å²) in [5, 5.41) is 0. The maximum Gasteiger partial charge on any atom is 0.192 e. The minimum Gasteiger partial charge on any atom is -0.289 e. The molecule has 0 unspecified atom stereocenters. The standard InChI is InChI=1S/C13H14O/c1-3-8-11(4-2)13(14)12-9-6-5-7-10-12/h3-10H,1-2H3. The summed E-state index contributed by atoms with van der Waals surface area (Å²) in [6.07, 6.45) is 5.53. The summed E-state index contributed by atoms with van der Waals surface area (Å²) in [4.78, 5) is 11.8. The van der Waals surface area contributed by atoms with Crippen LogP contribution in [0.15, 0.2) is 54.1 Å². The molecule has 0 fully saturated rings. The molecule has 0 atom stereocenters. The van der Waals surface area contributed by atoms with E-state index in [1.165, 1.54) is 0 Å². The topological polar surface area (TPSA) is 17.1 Å². The molecule has 0 heterocycles. The Morgan fingerprint density at radius 3 is 2.29 bits per heavy atom. The van der Waals surface area contributed by atoms with Crippen LogP contribution in [0.5, 0.6) is 0 Å². The van der Waals surface area contributed by atoms with E-state index in [0.29, 0.717) is 0 Å². The smallest absolute Gasteiger partial charge is 0.192 e. The number of carbonyl (C=O) groups is 1.